The molecule has 2 heterocycles. The third-order valence-electron chi connectivity index (χ3n) is 2.58. The number of aromatic nitrogens is 3. The lowest BCUT2D eigenvalue weighted by Gasteiger charge is -2.06. The molecule has 0 saturated heterocycles. The summed E-state index contributed by atoms with van der Waals surface area (Å²) in [6.07, 6.45) is 1.69. The SMILES string of the molecule is NNc1cc(-c2ccccc2)nc2ccnn12. The molecule has 17 heavy (non-hydrogen) atoms. The molecule has 0 amide bonds. The Morgan fingerprint density at radius 2 is 1.94 bits per heavy atom. The summed E-state index contributed by atoms with van der Waals surface area (Å²) in [5.74, 6) is 6.19. The molecule has 0 unspecified atom stereocenters. The van der Waals surface area contributed by atoms with Gasteiger partial charge in [-0.3, -0.25) is 0 Å². The predicted octanol–water partition coefficient (Wildman–Crippen LogP) is 1.68. The van der Waals surface area contributed by atoms with Crippen molar-refractivity contribution < 1.29 is 0 Å². The van der Waals surface area contributed by atoms with E-state index in [4.69, 9.17) is 5.84 Å². The van der Waals surface area contributed by atoms with Gasteiger partial charge in [0.1, 0.15) is 5.82 Å². The summed E-state index contributed by atoms with van der Waals surface area (Å²) in [6, 6.07) is 13.7. The number of benzene rings is 1. The number of hydrogen-bond donors (Lipinski definition) is 2. The maximum atomic E-state index is 5.48. The normalized spacial score (nSPS) is 10.6. The molecule has 5 nitrogen and oxygen atoms in total. The average Bonchev–Trinajstić information content (AvgIpc) is 2.86. The lowest BCUT2D eigenvalue weighted by Crippen LogP contribution is -2.12. The highest BCUT2D eigenvalue weighted by Gasteiger charge is 2.06. The maximum Gasteiger partial charge on any atom is 0.158 e. The van der Waals surface area contributed by atoms with Crippen LogP contribution in [0.4, 0.5) is 5.82 Å². The van der Waals surface area contributed by atoms with Crippen LogP contribution in [0.15, 0.2) is 48.7 Å². The number of hydrogen-bond acceptors (Lipinski definition) is 4. The van der Waals surface area contributed by atoms with Crippen LogP contribution in [0.5, 0.6) is 0 Å². The Balaban J connectivity index is 2.24. The zero-order valence-electron chi connectivity index (χ0n) is 9.04. The van der Waals surface area contributed by atoms with E-state index >= 15 is 0 Å². The first-order valence-electron chi connectivity index (χ1n) is 5.25. The lowest BCUT2D eigenvalue weighted by atomic mass is 10.1. The molecule has 0 saturated carbocycles. The number of nitrogens with zero attached hydrogens (tertiary/aromatic N) is 3. The zero-order valence-corrected chi connectivity index (χ0v) is 9.04. The highest BCUT2D eigenvalue weighted by atomic mass is 15.4. The zero-order chi connectivity index (χ0) is 11.7. The van der Waals surface area contributed by atoms with Gasteiger partial charge in [0.25, 0.3) is 0 Å². The van der Waals surface area contributed by atoms with Crippen molar-refractivity contribution in [2.45, 2.75) is 0 Å². The van der Waals surface area contributed by atoms with Crippen LogP contribution in [0, 0.1) is 0 Å². The van der Waals surface area contributed by atoms with Gasteiger partial charge in [-0.05, 0) is 0 Å². The van der Waals surface area contributed by atoms with E-state index in [9.17, 15) is 0 Å². The first-order valence-corrected chi connectivity index (χ1v) is 5.25. The molecule has 0 fully saturated rings. The monoisotopic (exact) mass is 225 g/mol. The minimum absolute atomic E-state index is 0.707. The van der Waals surface area contributed by atoms with E-state index in [1.165, 1.54) is 0 Å². The number of anilines is 1. The molecule has 1 aromatic carbocycles. The minimum atomic E-state index is 0.707. The van der Waals surface area contributed by atoms with Crippen molar-refractivity contribution in [1.82, 2.24) is 14.6 Å². The molecule has 0 radical (unpaired) electrons. The van der Waals surface area contributed by atoms with E-state index in [1.54, 1.807) is 10.7 Å². The van der Waals surface area contributed by atoms with Crippen molar-refractivity contribution in [3.63, 3.8) is 0 Å². The van der Waals surface area contributed by atoms with Gasteiger partial charge in [0.05, 0.1) is 11.9 Å². The second-order valence-electron chi connectivity index (χ2n) is 3.64. The molecule has 0 aliphatic heterocycles. The van der Waals surface area contributed by atoms with E-state index < -0.39 is 0 Å². The van der Waals surface area contributed by atoms with Crippen molar-refractivity contribution >= 4 is 11.5 Å². The third-order valence-corrected chi connectivity index (χ3v) is 2.58. The van der Waals surface area contributed by atoms with Crippen LogP contribution >= 0.6 is 0 Å². The Labute approximate surface area is 97.9 Å². The average molecular weight is 225 g/mol. The first kappa shape index (κ1) is 9.80. The molecule has 5 heteroatoms. The lowest BCUT2D eigenvalue weighted by molar-refractivity contribution is 0.937. The van der Waals surface area contributed by atoms with Crippen LogP contribution in [-0.2, 0) is 0 Å². The summed E-state index contributed by atoms with van der Waals surface area (Å²) in [7, 11) is 0. The van der Waals surface area contributed by atoms with Gasteiger partial charge in [-0.2, -0.15) is 9.61 Å². The Morgan fingerprint density at radius 1 is 1.12 bits per heavy atom. The number of nitrogens with two attached hydrogens (primary N) is 1. The van der Waals surface area contributed by atoms with Crippen molar-refractivity contribution in [3.05, 3.63) is 48.7 Å². The third kappa shape index (κ3) is 1.62. The number of hydrazine groups is 1. The Hall–Kier alpha value is -2.40. The summed E-state index contributed by atoms with van der Waals surface area (Å²) in [5, 5.41) is 4.14. The highest BCUT2D eigenvalue weighted by Crippen LogP contribution is 2.21. The fraction of sp³-hybridized carbons (Fsp3) is 0. The topological polar surface area (TPSA) is 68.2 Å². The minimum Gasteiger partial charge on any atom is -0.308 e. The van der Waals surface area contributed by atoms with Crippen LogP contribution in [0.2, 0.25) is 0 Å². The fourth-order valence-electron chi connectivity index (χ4n) is 1.77. The Bertz CT molecular complexity index is 644. The van der Waals surface area contributed by atoms with Gasteiger partial charge >= 0.3 is 0 Å². The number of nitrogens with one attached hydrogen (secondary N) is 1. The van der Waals surface area contributed by atoms with Gasteiger partial charge in [0, 0.05) is 17.7 Å². The van der Waals surface area contributed by atoms with Crippen LogP contribution < -0.4 is 11.3 Å². The van der Waals surface area contributed by atoms with Gasteiger partial charge in [0.15, 0.2) is 5.65 Å². The summed E-state index contributed by atoms with van der Waals surface area (Å²) in [5.41, 5.74) is 5.31. The van der Waals surface area contributed by atoms with E-state index in [1.807, 2.05) is 42.5 Å². The second kappa shape index (κ2) is 3.88. The number of fused-ring (bicyclic) bond motifs is 1. The molecule has 3 rings (SSSR count). The van der Waals surface area contributed by atoms with E-state index in [-0.39, 0.29) is 0 Å². The summed E-state index contributed by atoms with van der Waals surface area (Å²) in [4.78, 5) is 4.52. The van der Waals surface area contributed by atoms with Crippen LogP contribution in [0.25, 0.3) is 16.9 Å². The maximum absolute atomic E-state index is 5.48. The van der Waals surface area contributed by atoms with Crippen molar-refractivity contribution in [2.75, 3.05) is 5.43 Å². The van der Waals surface area contributed by atoms with Crippen LogP contribution in [0.1, 0.15) is 0 Å². The number of rotatable bonds is 2. The molecule has 0 atom stereocenters. The van der Waals surface area contributed by atoms with Gasteiger partial charge in [-0.25, -0.2) is 10.8 Å². The molecule has 3 N–H and O–H groups in total. The van der Waals surface area contributed by atoms with Gasteiger partial charge in [0.2, 0.25) is 0 Å². The van der Waals surface area contributed by atoms with Gasteiger partial charge in [-0.1, -0.05) is 30.3 Å². The summed E-state index contributed by atoms with van der Waals surface area (Å²) in [6.45, 7) is 0. The Kier molecular flexibility index (Phi) is 2.23. The smallest absolute Gasteiger partial charge is 0.158 e. The van der Waals surface area contributed by atoms with Crippen molar-refractivity contribution in [1.29, 1.82) is 0 Å². The predicted molar refractivity (Wildman–Crippen MR) is 66.2 cm³/mol. The molecular formula is C12H11N5. The number of nitrogen functional groups attached to an aromatic ring is 1. The molecule has 3 aromatic rings. The molecule has 0 spiro atoms. The first-order chi connectivity index (χ1) is 8.38. The molecule has 0 bridgehead atoms. The molecular weight excluding hydrogens is 214 g/mol. The quantitative estimate of drug-likeness (QED) is 0.514. The van der Waals surface area contributed by atoms with Crippen LogP contribution in [-0.4, -0.2) is 14.6 Å². The van der Waals surface area contributed by atoms with E-state index in [0.29, 0.717) is 5.82 Å². The van der Waals surface area contributed by atoms with Gasteiger partial charge in [-0.15, -0.1) is 0 Å². The van der Waals surface area contributed by atoms with Crippen molar-refractivity contribution in [2.24, 2.45) is 5.84 Å². The van der Waals surface area contributed by atoms with Gasteiger partial charge < -0.3 is 5.43 Å². The largest absolute Gasteiger partial charge is 0.308 e. The Morgan fingerprint density at radius 3 is 2.71 bits per heavy atom. The molecule has 0 aliphatic rings. The van der Waals surface area contributed by atoms with E-state index in [0.717, 1.165) is 16.9 Å². The standard InChI is InChI=1S/C12H11N5/c13-16-12-8-10(9-4-2-1-3-5-9)15-11-6-7-14-17(11)12/h1-8,16H,13H2. The summed E-state index contributed by atoms with van der Waals surface area (Å²) >= 11 is 0. The van der Waals surface area contributed by atoms with Crippen LogP contribution in [0.3, 0.4) is 0 Å². The second-order valence-corrected chi connectivity index (χ2v) is 3.64. The van der Waals surface area contributed by atoms with E-state index in [2.05, 4.69) is 15.5 Å². The van der Waals surface area contributed by atoms with Crippen molar-refractivity contribution in [3.8, 4) is 11.3 Å². The fourth-order valence-corrected chi connectivity index (χ4v) is 1.77. The summed E-state index contributed by atoms with van der Waals surface area (Å²) < 4.78 is 1.66. The molecule has 84 valence electrons. The molecule has 0 aliphatic carbocycles. The molecule has 2 aromatic heterocycles. The highest BCUT2D eigenvalue weighted by molar-refractivity contribution is 5.66.